The first kappa shape index (κ1) is 15.9. The molecular formula is C21H20N2O. The monoisotopic (exact) mass is 316 g/mol. The molecule has 3 aromatic rings. The van der Waals surface area contributed by atoms with E-state index in [1.807, 2.05) is 42.5 Å². The average molecular weight is 316 g/mol. The Hall–Kier alpha value is -2.94. The second-order valence-corrected chi connectivity index (χ2v) is 5.61. The maximum atomic E-state index is 5.40. The van der Waals surface area contributed by atoms with Crippen LogP contribution in [-0.4, -0.2) is 17.8 Å². The van der Waals surface area contributed by atoms with Crippen LogP contribution >= 0.6 is 0 Å². The highest BCUT2D eigenvalue weighted by Gasteiger charge is 2.03. The molecule has 120 valence electrons. The lowest BCUT2D eigenvalue weighted by atomic mass is 10.1. The second-order valence-electron chi connectivity index (χ2n) is 5.61. The minimum absolute atomic E-state index is 0.556. The number of aromatic nitrogens is 1. The summed E-state index contributed by atoms with van der Waals surface area (Å²) in [6.07, 6.45) is 4.36. The molecule has 0 N–H and O–H groups in total. The third-order valence-corrected chi connectivity index (χ3v) is 3.76. The molecule has 0 saturated heterocycles. The molecule has 2 aromatic carbocycles. The molecule has 3 heteroatoms. The molecule has 1 heterocycles. The largest absolute Gasteiger partial charge is 0.395 e. The Morgan fingerprint density at radius 1 is 0.958 bits per heavy atom. The van der Waals surface area contributed by atoms with Crippen LogP contribution < -0.4 is 0 Å². The van der Waals surface area contributed by atoms with Gasteiger partial charge < -0.3 is 4.84 Å². The minimum Gasteiger partial charge on any atom is -0.395 e. The lowest BCUT2D eigenvalue weighted by Gasteiger charge is -2.04. The molecule has 3 rings (SSSR count). The number of rotatable bonds is 6. The van der Waals surface area contributed by atoms with Gasteiger partial charge in [0.2, 0.25) is 0 Å². The lowest BCUT2D eigenvalue weighted by molar-refractivity contribution is 0.149. The standard InChI is InChI=1S/C21H20N2O/c1-17-9-11-18(12-10-17)13-15-24-23-16-20-8-5-14-22-21(20)19-6-3-2-4-7-19/h2-12,14,16H,13,15H2,1H3. The zero-order valence-corrected chi connectivity index (χ0v) is 13.7. The van der Waals surface area contributed by atoms with Crippen molar-refractivity contribution in [2.75, 3.05) is 6.61 Å². The summed E-state index contributed by atoms with van der Waals surface area (Å²) in [5, 5.41) is 4.10. The number of pyridine rings is 1. The third kappa shape index (κ3) is 4.29. The van der Waals surface area contributed by atoms with Gasteiger partial charge in [-0.25, -0.2) is 0 Å². The first-order valence-electron chi connectivity index (χ1n) is 8.04. The van der Waals surface area contributed by atoms with Gasteiger partial charge in [0, 0.05) is 23.7 Å². The molecule has 0 bridgehead atoms. The highest BCUT2D eigenvalue weighted by Crippen LogP contribution is 2.19. The number of aryl methyl sites for hydroxylation is 1. The van der Waals surface area contributed by atoms with Crippen LogP contribution in [0.3, 0.4) is 0 Å². The van der Waals surface area contributed by atoms with Gasteiger partial charge in [-0.05, 0) is 24.6 Å². The highest BCUT2D eigenvalue weighted by atomic mass is 16.6. The van der Waals surface area contributed by atoms with Gasteiger partial charge in [-0.3, -0.25) is 4.98 Å². The quantitative estimate of drug-likeness (QED) is 0.377. The van der Waals surface area contributed by atoms with Gasteiger partial charge in [-0.2, -0.15) is 0 Å². The summed E-state index contributed by atoms with van der Waals surface area (Å²) in [5.41, 5.74) is 5.44. The fraction of sp³-hybridized carbons (Fsp3) is 0.143. The molecular weight excluding hydrogens is 296 g/mol. The number of nitrogens with zero attached hydrogens (tertiary/aromatic N) is 2. The molecule has 0 spiro atoms. The van der Waals surface area contributed by atoms with Crippen molar-refractivity contribution >= 4 is 6.21 Å². The SMILES string of the molecule is Cc1ccc(CCON=Cc2cccnc2-c2ccccc2)cc1. The maximum absolute atomic E-state index is 5.40. The molecule has 0 aliphatic carbocycles. The van der Waals surface area contributed by atoms with Crippen LogP contribution in [0.2, 0.25) is 0 Å². The summed E-state index contributed by atoms with van der Waals surface area (Å²) in [6, 6.07) is 22.4. The molecule has 0 unspecified atom stereocenters. The van der Waals surface area contributed by atoms with Crippen molar-refractivity contribution in [3.8, 4) is 11.3 Å². The number of benzene rings is 2. The molecule has 24 heavy (non-hydrogen) atoms. The Balaban J connectivity index is 1.60. The van der Waals surface area contributed by atoms with E-state index in [0.717, 1.165) is 23.2 Å². The van der Waals surface area contributed by atoms with Gasteiger partial charge in [-0.1, -0.05) is 65.3 Å². The molecule has 0 aliphatic rings. The van der Waals surface area contributed by atoms with Crippen LogP contribution in [0.25, 0.3) is 11.3 Å². The number of hydrogen-bond donors (Lipinski definition) is 0. The maximum Gasteiger partial charge on any atom is 0.121 e. The summed E-state index contributed by atoms with van der Waals surface area (Å²) in [7, 11) is 0. The third-order valence-electron chi connectivity index (χ3n) is 3.76. The fourth-order valence-corrected chi connectivity index (χ4v) is 2.42. The van der Waals surface area contributed by atoms with Gasteiger partial charge in [0.05, 0.1) is 11.9 Å². The Morgan fingerprint density at radius 3 is 2.54 bits per heavy atom. The van der Waals surface area contributed by atoms with Crippen molar-refractivity contribution in [1.29, 1.82) is 0 Å². The van der Waals surface area contributed by atoms with E-state index in [0.29, 0.717) is 6.61 Å². The van der Waals surface area contributed by atoms with E-state index in [2.05, 4.69) is 41.3 Å². The van der Waals surface area contributed by atoms with E-state index in [1.165, 1.54) is 11.1 Å². The molecule has 1 aromatic heterocycles. The normalized spacial score (nSPS) is 10.9. The van der Waals surface area contributed by atoms with Crippen LogP contribution in [0.4, 0.5) is 0 Å². The van der Waals surface area contributed by atoms with Gasteiger partial charge in [0.15, 0.2) is 0 Å². The van der Waals surface area contributed by atoms with Crippen molar-refractivity contribution in [3.05, 3.63) is 89.6 Å². The van der Waals surface area contributed by atoms with Crippen LogP contribution in [0.5, 0.6) is 0 Å². The van der Waals surface area contributed by atoms with Crippen LogP contribution in [0, 0.1) is 6.92 Å². The predicted molar refractivity (Wildman–Crippen MR) is 98.1 cm³/mol. The molecule has 0 radical (unpaired) electrons. The first-order valence-corrected chi connectivity index (χ1v) is 8.04. The Bertz CT molecular complexity index is 796. The number of hydrogen-bond acceptors (Lipinski definition) is 3. The van der Waals surface area contributed by atoms with Crippen molar-refractivity contribution in [1.82, 2.24) is 4.98 Å². The predicted octanol–water partition coefficient (Wildman–Crippen LogP) is 4.65. The smallest absolute Gasteiger partial charge is 0.121 e. The topological polar surface area (TPSA) is 34.5 Å². The van der Waals surface area contributed by atoms with Crippen LogP contribution in [0.1, 0.15) is 16.7 Å². The van der Waals surface area contributed by atoms with E-state index in [-0.39, 0.29) is 0 Å². The second kappa shape index (κ2) is 8.06. The van der Waals surface area contributed by atoms with E-state index in [4.69, 9.17) is 4.84 Å². The zero-order chi connectivity index (χ0) is 16.6. The summed E-state index contributed by atoms with van der Waals surface area (Å²) in [4.78, 5) is 9.86. The molecule has 0 saturated carbocycles. The van der Waals surface area contributed by atoms with E-state index in [9.17, 15) is 0 Å². The Labute approximate surface area is 142 Å². The van der Waals surface area contributed by atoms with Crippen molar-refractivity contribution in [2.45, 2.75) is 13.3 Å². The van der Waals surface area contributed by atoms with Crippen molar-refractivity contribution in [3.63, 3.8) is 0 Å². The Morgan fingerprint density at radius 2 is 1.75 bits per heavy atom. The van der Waals surface area contributed by atoms with E-state index in [1.54, 1.807) is 12.4 Å². The highest BCUT2D eigenvalue weighted by molar-refractivity contribution is 5.88. The number of oxime groups is 1. The van der Waals surface area contributed by atoms with Crippen molar-refractivity contribution < 1.29 is 4.84 Å². The lowest BCUT2D eigenvalue weighted by Crippen LogP contribution is -1.96. The van der Waals surface area contributed by atoms with Gasteiger partial charge in [0.25, 0.3) is 0 Å². The summed E-state index contributed by atoms with van der Waals surface area (Å²) >= 11 is 0. The van der Waals surface area contributed by atoms with Gasteiger partial charge in [-0.15, -0.1) is 0 Å². The summed E-state index contributed by atoms with van der Waals surface area (Å²) in [5.74, 6) is 0. The van der Waals surface area contributed by atoms with Gasteiger partial charge in [0.1, 0.15) is 6.61 Å². The summed E-state index contributed by atoms with van der Waals surface area (Å²) < 4.78 is 0. The Kier molecular flexibility index (Phi) is 5.36. The molecule has 0 aliphatic heterocycles. The molecule has 0 amide bonds. The van der Waals surface area contributed by atoms with E-state index < -0.39 is 0 Å². The summed E-state index contributed by atoms with van der Waals surface area (Å²) in [6.45, 7) is 2.64. The molecule has 0 atom stereocenters. The van der Waals surface area contributed by atoms with Crippen molar-refractivity contribution in [2.24, 2.45) is 5.16 Å². The minimum atomic E-state index is 0.556. The zero-order valence-electron chi connectivity index (χ0n) is 13.7. The van der Waals surface area contributed by atoms with E-state index >= 15 is 0 Å². The fourth-order valence-electron chi connectivity index (χ4n) is 2.42. The van der Waals surface area contributed by atoms with Crippen LogP contribution in [-0.2, 0) is 11.3 Å². The molecule has 3 nitrogen and oxygen atoms in total. The average Bonchev–Trinajstić information content (AvgIpc) is 2.64. The first-order chi connectivity index (χ1) is 11.8. The van der Waals surface area contributed by atoms with Crippen LogP contribution in [0.15, 0.2) is 78.1 Å². The molecule has 0 fully saturated rings. The van der Waals surface area contributed by atoms with Gasteiger partial charge >= 0.3 is 0 Å².